The second kappa shape index (κ2) is 6.32. The largest absolute Gasteiger partial charge is 0.494 e. The molecule has 0 radical (unpaired) electrons. The Morgan fingerprint density at radius 3 is 2.86 bits per heavy atom. The number of hydrogen-bond acceptors (Lipinski definition) is 3. The van der Waals surface area contributed by atoms with E-state index in [1.807, 2.05) is 12.1 Å². The number of methoxy groups -OCH3 is 1. The lowest BCUT2D eigenvalue weighted by Crippen LogP contribution is -2.49. The molecule has 1 spiro atoms. The molecular formula is C17H25FN2O. The number of ether oxygens (including phenoxy) is 1. The van der Waals surface area contributed by atoms with Gasteiger partial charge in [-0.25, -0.2) is 4.39 Å². The molecule has 1 N–H and O–H groups in total. The minimum absolute atomic E-state index is 0.210. The van der Waals surface area contributed by atoms with Crippen molar-refractivity contribution < 1.29 is 9.13 Å². The van der Waals surface area contributed by atoms with Crippen LogP contribution in [0.25, 0.3) is 0 Å². The van der Waals surface area contributed by atoms with Gasteiger partial charge in [-0.3, -0.25) is 4.90 Å². The molecule has 1 aromatic rings. The predicted octanol–water partition coefficient (Wildman–Crippen LogP) is 2.94. The van der Waals surface area contributed by atoms with Crippen molar-refractivity contribution in [2.75, 3.05) is 26.7 Å². The molecule has 2 fully saturated rings. The first kappa shape index (κ1) is 14.8. The molecule has 4 heteroatoms. The highest BCUT2D eigenvalue weighted by atomic mass is 19.1. The Kier molecular flexibility index (Phi) is 4.45. The standard InChI is InChI=1S/C17H25FN2O/c1-21-15-7-4-6-14(16(15)18)12-20-11-5-10-19-17(13-20)8-2-3-9-17/h4,6-7,19H,2-3,5,8-13H2,1H3. The van der Waals surface area contributed by atoms with Crippen molar-refractivity contribution in [2.45, 2.75) is 44.2 Å². The van der Waals surface area contributed by atoms with Gasteiger partial charge >= 0.3 is 0 Å². The summed E-state index contributed by atoms with van der Waals surface area (Å²) < 4.78 is 19.4. The van der Waals surface area contributed by atoms with Gasteiger partial charge in [0.05, 0.1) is 7.11 Å². The monoisotopic (exact) mass is 292 g/mol. The molecule has 21 heavy (non-hydrogen) atoms. The number of hydrogen-bond donors (Lipinski definition) is 1. The van der Waals surface area contributed by atoms with Gasteiger partial charge in [0.25, 0.3) is 0 Å². The molecule has 116 valence electrons. The van der Waals surface area contributed by atoms with E-state index < -0.39 is 0 Å². The van der Waals surface area contributed by atoms with Crippen molar-refractivity contribution >= 4 is 0 Å². The minimum atomic E-state index is -0.210. The van der Waals surface area contributed by atoms with Crippen LogP contribution in [0, 0.1) is 5.82 Å². The van der Waals surface area contributed by atoms with Crippen LogP contribution >= 0.6 is 0 Å². The topological polar surface area (TPSA) is 24.5 Å². The lowest BCUT2D eigenvalue weighted by molar-refractivity contribution is 0.201. The molecule has 0 atom stereocenters. The quantitative estimate of drug-likeness (QED) is 0.927. The fraction of sp³-hybridized carbons (Fsp3) is 0.647. The third-order valence-electron chi connectivity index (χ3n) is 4.90. The molecule has 0 aromatic heterocycles. The molecule has 1 aliphatic carbocycles. The second-order valence-electron chi connectivity index (χ2n) is 6.41. The molecule has 1 heterocycles. The van der Waals surface area contributed by atoms with Gasteiger partial charge in [0.2, 0.25) is 0 Å². The van der Waals surface area contributed by atoms with Crippen molar-refractivity contribution in [1.82, 2.24) is 10.2 Å². The van der Waals surface area contributed by atoms with Crippen molar-refractivity contribution in [2.24, 2.45) is 0 Å². The average molecular weight is 292 g/mol. The van der Waals surface area contributed by atoms with E-state index in [-0.39, 0.29) is 11.4 Å². The molecule has 3 rings (SSSR count). The normalized spacial score (nSPS) is 22.4. The molecule has 0 bridgehead atoms. The first-order chi connectivity index (χ1) is 10.2. The van der Waals surface area contributed by atoms with Crippen molar-refractivity contribution in [3.63, 3.8) is 0 Å². The summed E-state index contributed by atoms with van der Waals surface area (Å²) >= 11 is 0. The summed E-state index contributed by atoms with van der Waals surface area (Å²) in [5.41, 5.74) is 1.01. The Balaban J connectivity index is 1.74. The van der Waals surface area contributed by atoms with E-state index in [0.717, 1.165) is 31.6 Å². The Morgan fingerprint density at radius 1 is 1.29 bits per heavy atom. The molecular weight excluding hydrogens is 267 g/mol. The van der Waals surface area contributed by atoms with Gasteiger partial charge in [-0.2, -0.15) is 0 Å². The lowest BCUT2D eigenvalue weighted by Gasteiger charge is -2.33. The van der Waals surface area contributed by atoms with Crippen molar-refractivity contribution in [1.29, 1.82) is 0 Å². The lowest BCUT2D eigenvalue weighted by atomic mass is 9.97. The van der Waals surface area contributed by atoms with E-state index >= 15 is 0 Å². The van der Waals surface area contributed by atoms with E-state index in [4.69, 9.17) is 4.74 Å². The summed E-state index contributed by atoms with van der Waals surface area (Å²) in [6, 6.07) is 5.43. The summed E-state index contributed by atoms with van der Waals surface area (Å²) in [4.78, 5) is 2.41. The van der Waals surface area contributed by atoms with Crippen LogP contribution in [0.5, 0.6) is 5.75 Å². The van der Waals surface area contributed by atoms with Crippen LogP contribution in [0.3, 0.4) is 0 Å². The van der Waals surface area contributed by atoms with Gasteiger partial charge in [-0.1, -0.05) is 25.0 Å². The zero-order chi connectivity index (χ0) is 14.7. The molecule has 1 saturated heterocycles. The predicted molar refractivity (Wildman–Crippen MR) is 82.0 cm³/mol. The van der Waals surface area contributed by atoms with Crippen molar-refractivity contribution in [3.8, 4) is 5.75 Å². The van der Waals surface area contributed by atoms with E-state index in [2.05, 4.69) is 10.2 Å². The highest BCUT2D eigenvalue weighted by Gasteiger charge is 2.36. The molecule has 2 aliphatic rings. The van der Waals surface area contributed by atoms with E-state index in [1.54, 1.807) is 6.07 Å². The highest BCUT2D eigenvalue weighted by Crippen LogP contribution is 2.32. The summed E-state index contributed by atoms with van der Waals surface area (Å²) in [5.74, 6) is 0.133. The van der Waals surface area contributed by atoms with Crippen LogP contribution < -0.4 is 10.1 Å². The maximum atomic E-state index is 14.3. The van der Waals surface area contributed by atoms with E-state index in [0.29, 0.717) is 12.3 Å². The Bertz CT molecular complexity index is 486. The first-order valence-electron chi connectivity index (χ1n) is 8.01. The molecule has 0 unspecified atom stereocenters. The molecule has 1 aliphatic heterocycles. The summed E-state index contributed by atoms with van der Waals surface area (Å²) in [6.45, 7) is 3.82. The Morgan fingerprint density at radius 2 is 2.10 bits per heavy atom. The Labute approximate surface area is 126 Å². The minimum Gasteiger partial charge on any atom is -0.494 e. The fourth-order valence-electron chi connectivity index (χ4n) is 3.82. The molecule has 0 amide bonds. The number of rotatable bonds is 3. The average Bonchev–Trinajstić information content (AvgIpc) is 2.84. The Hall–Kier alpha value is -1.13. The van der Waals surface area contributed by atoms with Gasteiger partial charge in [0.15, 0.2) is 11.6 Å². The maximum Gasteiger partial charge on any atom is 0.169 e. The fourth-order valence-corrected chi connectivity index (χ4v) is 3.82. The smallest absolute Gasteiger partial charge is 0.169 e. The zero-order valence-electron chi connectivity index (χ0n) is 12.8. The zero-order valence-corrected chi connectivity index (χ0v) is 12.8. The summed E-state index contributed by atoms with van der Waals surface area (Å²) in [6.07, 6.45) is 6.27. The molecule has 1 aromatic carbocycles. The molecule has 3 nitrogen and oxygen atoms in total. The second-order valence-corrected chi connectivity index (χ2v) is 6.41. The third kappa shape index (κ3) is 3.22. The van der Waals surface area contributed by atoms with E-state index in [1.165, 1.54) is 32.8 Å². The van der Waals surface area contributed by atoms with Crippen LogP contribution in [0.1, 0.15) is 37.7 Å². The number of nitrogens with zero attached hydrogens (tertiary/aromatic N) is 1. The number of benzene rings is 1. The van der Waals surface area contributed by atoms with Gasteiger partial charge in [-0.15, -0.1) is 0 Å². The summed E-state index contributed by atoms with van der Waals surface area (Å²) in [7, 11) is 1.52. The van der Waals surface area contributed by atoms with E-state index in [9.17, 15) is 4.39 Å². The maximum absolute atomic E-state index is 14.3. The van der Waals surface area contributed by atoms with Gasteiger partial charge in [0, 0.05) is 24.2 Å². The van der Waals surface area contributed by atoms with Gasteiger partial charge < -0.3 is 10.1 Å². The van der Waals surface area contributed by atoms with Crippen LogP contribution in [0.4, 0.5) is 4.39 Å². The third-order valence-corrected chi connectivity index (χ3v) is 4.90. The van der Waals surface area contributed by atoms with Crippen LogP contribution in [-0.4, -0.2) is 37.2 Å². The first-order valence-corrected chi connectivity index (χ1v) is 8.01. The molecule has 1 saturated carbocycles. The van der Waals surface area contributed by atoms with Crippen LogP contribution in [0.15, 0.2) is 18.2 Å². The summed E-state index contributed by atoms with van der Waals surface area (Å²) in [5, 5.41) is 3.75. The highest BCUT2D eigenvalue weighted by molar-refractivity contribution is 5.31. The van der Waals surface area contributed by atoms with Gasteiger partial charge in [0.1, 0.15) is 0 Å². The number of nitrogens with one attached hydrogen (secondary N) is 1. The van der Waals surface area contributed by atoms with Gasteiger partial charge in [-0.05, 0) is 38.4 Å². The van der Waals surface area contributed by atoms with Crippen molar-refractivity contribution in [3.05, 3.63) is 29.6 Å². The SMILES string of the molecule is COc1cccc(CN2CCCNC3(CCCC3)C2)c1F. The van der Waals surface area contributed by atoms with Crippen LogP contribution in [-0.2, 0) is 6.54 Å². The van der Waals surface area contributed by atoms with Crippen LogP contribution in [0.2, 0.25) is 0 Å². The number of halogens is 1.